The van der Waals surface area contributed by atoms with Gasteiger partial charge in [-0.25, -0.2) is 0 Å². The van der Waals surface area contributed by atoms with Gasteiger partial charge in [-0.05, 0) is 24.1 Å². The van der Waals surface area contributed by atoms with Gasteiger partial charge in [0.15, 0.2) is 17.5 Å². The Morgan fingerprint density at radius 2 is 2.00 bits per heavy atom. The van der Waals surface area contributed by atoms with E-state index in [1.807, 2.05) is 36.3 Å². The topological polar surface area (TPSA) is 84.2 Å². The minimum absolute atomic E-state index is 0. The summed E-state index contributed by atoms with van der Waals surface area (Å²) in [5.74, 6) is 2.19. The van der Waals surface area contributed by atoms with Crippen molar-refractivity contribution in [3.63, 3.8) is 0 Å². The fraction of sp³-hybridized carbons (Fsp3) is 0.450. The SMILES string of the molecule is CN=C(NCCc1ccc(OC)c(OC)c1)N1CCN(c2cnn(C)c2)C(=O)C1.I. The molecule has 9 nitrogen and oxygen atoms in total. The highest BCUT2D eigenvalue weighted by Crippen LogP contribution is 2.27. The average molecular weight is 528 g/mol. The molecule has 0 saturated carbocycles. The molecule has 1 saturated heterocycles. The fourth-order valence-electron chi connectivity index (χ4n) is 3.36. The van der Waals surface area contributed by atoms with Gasteiger partial charge in [-0.15, -0.1) is 24.0 Å². The lowest BCUT2D eigenvalue weighted by molar-refractivity contribution is -0.120. The number of aliphatic imine (C=N–C) groups is 1. The van der Waals surface area contributed by atoms with Gasteiger partial charge >= 0.3 is 0 Å². The van der Waals surface area contributed by atoms with Crippen LogP contribution < -0.4 is 19.7 Å². The number of amides is 1. The van der Waals surface area contributed by atoms with Crippen LogP contribution >= 0.6 is 24.0 Å². The minimum Gasteiger partial charge on any atom is -0.493 e. The molecule has 1 aliphatic heterocycles. The van der Waals surface area contributed by atoms with E-state index in [1.165, 1.54) is 0 Å². The molecule has 1 N–H and O–H groups in total. The van der Waals surface area contributed by atoms with Gasteiger partial charge in [0.1, 0.15) is 6.54 Å². The minimum atomic E-state index is 0. The third-order valence-corrected chi connectivity index (χ3v) is 4.88. The van der Waals surface area contributed by atoms with E-state index >= 15 is 0 Å². The first-order valence-corrected chi connectivity index (χ1v) is 9.51. The lowest BCUT2D eigenvalue weighted by Crippen LogP contribution is -2.55. The zero-order valence-electron chi connectivity index (χ0n) is 17.8. The second-order valence-corrected chi connectivity index (χ2v) is 6.75. The second-order valence-electron chi connectivity index (χ2n) is 6.75. The summed E-state index contributed by atoms with van der Waals surface area (Å²) in [6.45, 7) is 2.28. The number of nitrogens with one attached hydrogen (secondary N) is 1. The number of aromatic nitrogens is 2. The Morgan fingerprint density at radius 1 is 1.23 bits per heavy atom. The molecule has 0 unspecified atom stereocenters. The molecule has 164 valence electrons. The van der Waals surface area contributed by atoms with Crippen LogP contribution in [0.3, 0.4) is 0 Å². The van der Waals surface area contributed by atoms with Crippen LogP contribution in [0.2, 0.25) is 0 Å². The molecule has 3 rings (SSSR count). The van der Waals surface area contributed by atoms with Crippen LogP contribution in [-0.4, -0.2) is 74.0 Å². The highest BCUT2D eigenvalue weighted by atomic mass is 127. The molecule has 1 aromatic carbocycles. The van der Waals surface area contributed by atoms with Crippen LogP contribution in [0.25, 0.3) is 0 Å². The van der Waals surface area contributed by atoms with Gasteiger partial charge < -0.3 is 24.6 Å². The van der Waals surface area contributed by atoms with Crippen molar-refractivity contribution < 1.29 is 14.3 Å². The molecule has 2 heterocycles. The van der Waals surface area contributed by atoms with Crippen LogP contribution in [0.15, 0.2) is 35.6 Å². The molecule has 2 aromatic rings. The molecule has 1 aromatic heterocycles. The number of nitrogens with zero attached hydrogens (tertiary/aromatic N) is 5. The maximum absolute atomic E-state index is 12.6. The second kappa shape index (κ2) is 11.0. The Hall–Kier alpha value is -2.50. The van der Waals surface area contributed by atoms with Gasteiger partial charge in [0.25, 0.3) is 0 Å². The summed E-state index contributed by atoms with van der Waals surface area (Å²) in [5, 5.41) is 7.49. The maximum Gasteiger partial charge on any atom is 0.246 e. The van der Waals surface area contributed by atoms with Crippen molar-refractivity contribution in [1.29, 1.82) is 0 Å². The summed E-state index contributed by atoms with van der Waals surface area (Å²) in [6, 6.07) is 5.89. The lowest BCUT2D eigenvalue weighted by atomic mass is 10.1. The molecule has 0 bridgehead atoms. The van der Waals surface area contributed by atoms with E-state index in [-0.39, 0.29) is 36.4 Å². The molecule has 0 radical (unpaired) electrons. The highest BCUT2D eigenvalue weighted by Gasteiger charge is 2.27. The number of carbonyl (C=O) groups is 1. The Labute approximate surface area is 194 Å². The summed E-state index contributed by atoms with van der Waals surface area (Å²) in [4.78, 5) is 20.7. The van der Waals surface area contributed by atoms with Crippen molar-refractivity contribution in [3.05, 3.63) is 36.2 Å². The zero-order chi connectivity index (χ0) is 20.8. The van der Waals surface area contributed by atoms with Crippen molar-refractivity contribution in [2.75, 3.05) is 52.3 Å². The summed E-state index contributed by atoms with van der Waals surface area (Å²) < 4.78 is 12.3. The van der Waals surface area contributed by atoms with Crippen molar-refractivity contribution in [2.45, 2.75) is 6.42 Å². The van der Waals surface area contributed by atoms with Gasteiger partial charge in [0, 0.05) is 39.9 Å². The number of ether oxygens (including phenoxy) is 2. The monoisotopic (exact) mass is 528 g/mol. The first kappa shape index (κ1) is 23.8. The summed E-state index contributed by atoms with van der Waals surface area (Å²) in [6.07, 6.45) is 4.36. The number of hydrogen-bond donors (Lipinski definition) is 1. The van der Waals surface area contributed by atoms with E-state index in [4.69, 9.17) is 9.47 Å². The van der Waals surface area contributed by atoms with Crippen molar-refractivity contribution >= 4 is 41.5 Å². The third kappa shape index (κ3) is 5.55. The first-order chi connectivity index (χ1) is 14.0. The predicted octanol–water partition coefficient (Wildman–Crippen LogP) is 1.52. The average Bonchev–Trinajstić information content (AvgIpc) is 3.16. The molecule has 0 atom stereocenters. The zero-order valence-corrected chi connectivity index (χ0v) is 20.1. The van der Waals surface area contributed by atoms with Crippen molar-refractivity contribution in [1.82, 2.24) is 20.0 Å². The van der Waals surface area contributed by atoms with Gasteiger partial charge in [0.05, 0.1) is 26.1 Å². The molecule has 1 aliphatic rings. The number of rotatable bonds is 6. The van der Waals surface area contributed by atoms with Crippen LogP contribution in [0.1, 0.15) is 5.56 Å². The number of hydrogen-bond acceptors (Lipinski definition) is 5. The van der Waals surface area contributed by atoms with Crippen LogP contribution in [0.4, 0.5) is 5.69 Å². The fourth-order valence-corrected chi connectivity index (χ4v) is 3.36. The summed E-state index contributed by atoms with van der Waals surface area (Å²) in [5.41, 5.74) is 1.96. The number of anilines is 1. The molecule has 0 aliphatic carbocycles. The number of benzene rings is 1. The highest BCUT2D eigenvalue weighted by molar-refractivity contribution is 14.0. The van der Waals surface area contributed by atoms with Gasteiger partial charge in [-0.3, -0.25) is 14.5 Å². The number of aryl methyl sites for hydroxylation is 1. The smallest absolute Gasteiger partial charge is 0.246 e. The van der Waals surface area contributed by atoms with E-state index < -0.39 is 0 Å². The van der Waals surface area contributed by atoms with E-state index in [0.717, 1.165) is 23.6 Å². The molecule has 30 heavy (non-hydrogen) atoms. The lowest BCUT2D eigenvalue weighted by Gasteiger charge is -2.35. The number of guanidine groups is 1. The van der Waals surface area contributed by atoms with E-state index in [1.54, 1.807) is 37.0 Å². The van der Waals surface area contributed by atoms with Gasteiger partial charge in [-0.1, -0.05) is 6.07 Å². The molecule has 1 fully saturated rings. The standard InChI is InChI=1S/C20H28N6O3.HI/c1-21-20(22-8-7-15-5-6-17(28-3)18(11-15)29-4)25-9-10-26(19(27)14-25)16-12-23-24(2)13-16;/h5-6,11-13H,7-10,14H2,1-4H3,(H,21,22);1H. The molecular formula is C20H29IN6O3. The molecule has 10 heteroatoms. The van der Waals surface area contributed by atoms with Crippen LogP contribution in [0, 0.1) is 0 Å². The molecular weight excluding hydrogens is 499 g/mol. The van der Waals surface area contributed by atoms with Crippen LogP contribution in [-0.2, 0) is 18.3 Å². The largest absolute Gasteiger partial charge is 0.493 e. The van der Waals surface area contributed by atoms with Crippen LogP contribution in [0.5, 0.6) is 11.5 Å². The van der Waals surface area contributed by atoms with Crippen molar-refractivity contribution in [3.8, 4) is 11.5 Å². The van der Waals surface area contributed by atoms with E-state index in [0.29, 0.717) is 31.1 Å². The van der Waals surface area contributed by atoms with E-state index in [2.05, 4.69) is 15.4 Å². The molecule has 0 spiro atoms. The Morgan fingerprint density at radius 3 is 2.60 bits per heavy atom. The Bertz CT molecular complexity index is 885. The number of piperazine rings is 1. The molecule has 1 amide bonds. The number of carbonyl (C=O) groups excluding carboxylic acids is 1. The summed E-state index contributed by atoms with van der Waals surface area (Å²) in [7, 11) is 6.83. The van der Waals surface area contributed by atoms with E-state index in [9.17, 15) is 4.79 Å². The normalized spacial score (nSPS) is 14.4. The number of halogens is 1. The maximum atomic E-state index is 12.6. The predicted molar refractivity (Wildman–Crippen MR) is 127 cm³/mol. The quantitative estimate of drug-likeness (QED) is 0.348. The Balaban J connectivity index is 0.00000320. The van der Waals surface area contributed by atoms with Crippen molar-refractivity contribution in [2.24, 2.45) is 12.0 Å². The first-order valence-electron chi connectivity index (χ1n) is 9.51. The summed E-state index contributed by atoms with van der Waals surface area (Å²) >= 11 is 0. The van der Waals surface area contributed by atoms with Gasteiger partial charge in [0.2, 0.25) is 5.91 Å². The van der Waals surface area contributed by atoms with Gasteiger partial charge in [-0.2, -0.15) is 5.10 Å². The number of methoxy groups -OCH3 is 2. The Kier molecular flexibility index (Phi) is 8.75. The third-order valence-electron chi connectivity index (χ3n) is 4.88.